The van der Waals surface area contributed by atoms with Crippen molar-refractivity contribution in [3.8, 4) is 0 Å². The smallest absolute Gasteiger partial charge is 0.329 e. The minimum Gasteiger partial charge on any atom is -0.464 e. The van der Waals surface area contributed by atoms with Crippen LogP contribution in [-0.4, -0.2) is 24.5 Å². The van der Waals surface area contributed by atoms with Crippen LogP contribution in [0, 0.1) is 5.41 Å². The Labute approximate surface area is 77.6 Å². The molecule has 0 aromatic heterocycles. The van der Waals surface area contributed by atoms with Gasteiger partial charge in [-0.25, -0.2) is 4.79 Å². The van der Waals surface area contributed by atoms with Gasteiger partial charge in [0.15, 0.2) is 0 Å². The number of rotatable bonds is 2. The van der Waals surface area contributed by atoms with E-state index < -0.39 is 6.04 Å². The van der Waals surface area contributed by atoms with Gasteiger partial charge < -0.3 is 10.1 Å². The predicted molar refractivity (Wildman–Crippen MR) is 47.0 cm³/mol. The second kappa shape index (κ2) is 3.36. The van der Waals surface area contributed by atoms with Gasteiger partial charge in [-0.15, -0.1) is 0 Å². The van der Waals surface area contributed by atoms with E-state index in [1.807, 2.05) is 13.8 Å². The van der Waals surface area contributed by atoms with Crippen molar-refractivity contribution in [2.24, 2.45) is 5.41 Å². The molecule has 0 spiro atoms. The largest absolute Gasteiger partial charge is 0.464 e. The third-order valence-electron chi connectivity index (χ3n) is 2.23. The van der Waals surface area contributed by atoms with E-state index in [1.165, 1.54) is 0 Å². The van der Waals surface area contributed by atoms with Crippen LogP contribution in [0.4, 0.5) is 0 Å². The van der Waals surface area contributed by atoms with Crippen molar-refractivity contribution in [2.45, 2.75) is 33.2 Å². The first-order valence-electron chi connectivity index (χ1n) is 4.43. The normalized spacial score (nSPS) is 25.5. The fourth-order valence-corrected chi connectivity index (χ4v) is 1.53. The zero-order valence-electron chi connectivity index (χ0n) is 8.22. The summed E-state index contributed by atoms with van der Waals surface area (Å²) in [5, 5.41) is 2.62. The quantitative estimate of drug-likeness (QED) is 0.636. The molecule has 1 aliphatic rings. The van der Waals surface area contributed by atoms with E-state index in [0.29, 0.717) is 13.0 Å². The minimum absolute atomic E-state index is 0.0805. The van der Waals surface area contributed by atoms with Gasteiger partial charge in [-0.2, -0.15) is 0 Å². The number of nitrogens with one attached hydrogen (secondary N) is 1. The van der Waals surface area contributed by atoms with E-state index in [0.717, 1.165) is 0 Å². The Bertz CT molecular complexity index is 235. The molecule has 1 unspecified atom stereocenters. The van der Waals surface area contributed by atoms with Crippen LogP contribution in [0.25, 0.3) is 0 Å². The third-order valence-corrected chi connectivity index (χ3v) is 2.23. The van der Waals surface area contributed by atoms with Gasteiger partial charge in [0.05, 0.1) is 6.61 Å². The molecule has 1 atom stereocenters. The molecule has 1 amide bonds. The van der Waals surface area contributed by atoms with Crippen molar-refractivity contribution in [1.82, 2.24) is 5.32 Å². The van der Waals surface area contributed by atoms with Crippen LogP contribution in [0.3, 0.4) is 0 Å². The number of hydrogen-bond donors (Lipinski definition) is 1. The van der Waals surface area contributed by atoms with Crippen molar-refractivity contribution in [1.29, 1.82) is 0 Å². The van der Waals surface area contributed by atoms with Gasteiger partial charge in [0.25, 0.3) is 0 Å². The highest BCUT2D eigenvalue weighted by atomic mass is 16.5. The van der Waals surface area contributed by atoms with E-state index in [9.17, 15) is 9.59 Å². The van der Waals surface area contributed by atoms with Crippen LogP contribution in [0.15, 0.2) is 0 Å². The second-order valence-corrected chi connectivity index (χ2v) is 3.92. The zero-order valence-corrected chi connectivity index (χ0v) is 8.22. The molecule has 1 fully saturated rings. The zero-order chi connectivity index (χ0) is 10.1. The van der Waals surface area contributed by atoms with Crippen LogP contribution in [0.5, 0.6) is 0 Å². The van der Waals surface area contributed by atoms with Gasteiger partial charge in [0.1, 0.15) is 6.04 Å². The molecule has 1 rings (SSSR count). The highest BCUT2D eigenvalue weighted by Crippen LogP contribution is 2.31. The lowest BCUT2D eigenvalue weighted by atomic mass is 9.85. The Morgan fingerprint density at radius 3 is 2.69 bits per heavy atom. The van der Waals surface area contributed by atoms with Crippen LogP contribution in [-0.2, 0) is 14.3 Å². The first-order chi connectivity index (χ1) is 5.97. The summed E-state index contributed by atoms with van der Waals surface area (Å²) in [5.74, 6) is -0.415. The molecule has 1 N–H and O–H groups in total. The molecule has 1 heterocycles. The molecule has 0 aromatic rings. The van der Waals surface area contributed by atoms with Crippen molar-refractivity contribution < 1.29 is 14.3 Å². The number of carbonyl (C=O) groups excluding carboxylic acids is 2. The highest BCUT2D eigenvalue weighted by Gasteiger charge is 2.44. The lowest BCUT2D eigenvalue weighted by molar-refractivity contribution is -0.148. The van der Waals surface area contributed by atoms with Crippen molar-refractivity contribution in [3.05, 3.63) is 0 Å². The van der Waals surface area contributed by atoms with E-state index >= 15 is 0 Å². The summed E-state index contributed by atoms with van der Waals surface area (Å²) in [6.45, 7) is 5.86. The Hall–Kier alpha value is -1.06. The Morgan fingerprint density at radius 1 is 1.69 bits per heavy atom. The molecule has 0 aromatic carbocycles. The second-order valence-electron chi connectivity index (χ2n) is 3.92. The predicted octanol–water partition coefficient (Wildman–Crippen LogP) is 0.464. The molecule has 4 nitrogen and oxygen atoms in total. The maximum atomic E-state index is 11.4. The monoisotopic (exact) mass is 185 g/mol. The summed E-state index contributed by atoms with van der Waals surface area (Å²) >= 11 is 0. The number of ether oxygens (including phenoxy) is 1. The molecule has 1 saturated heterocycles. The van der Waals surface area contributed by atoms with Gasteiger partial charge in [-0.1, -0.05) is 13.8 Å². The van der Waals surface area contributed by atoms with Crippen LogP contribution in [0.2, 0.25) is 0 Å². The third kappa shape index (κ3) is 1.99. The topological polar surface area (TPSA) is 55.4 Å². The number of carbonyl (C=O) groups is 2. The Morgan fingerprint density at radius 2 is 2.31 bits per heavy atom. The van der Waals surface area contributed by atoms with E-state index in [2.05, 4.69) is 5.32 Å². The van der Waals surface area contributed by atoms with Gasteiger partial charge in [-0.3, -0.25) is 4.79 Å². The molecule has 0 bridgehead atoms. The van der Waals surface area contributed by atoms with Gasteiger partial charge >= 0.3 is 5.97 Å². The summed E-state index contributed by atoms with van der Waals surface area (Å²) in [4.78, 5) is 22.4. The molecule has 0 radical (unpaired) electrons. The van der Waals surface area contributed by atoms with E-state index in [4.69, 9.17) is 4.74 Å². The molecule has 0 aliphatic carbocycles. The summed E-state index contributed by atoms with van der Waals surface area (Å²) in [6, 6.07) is -0.486. The Kier molecular flexibility index (Phi) is 2.59. The van der Waals surface area contributed by atoms with Crippen LogP contribution < -0.4 is 5.32 Å². The van der Waals surface area contributed by atoms with Crippen molar-refractivity contribution in [3.63, 3.8) is 0 Å². The standard InChI is InChI=1S/C9H15NO3/c1-4-13-8(12)7-9(2,3)5-6(11)10-7/h7H,4-5H2,1-3H3,(H,10,11). The first-order valence-corrected chi connectivity index (χ1v) is 4.43. The Balaban J connectivity index is 2.69. The molecule has 13 heavy (non-hydrogen) atoms. The maximum Gasteiger partial charge on any atom is 0.329 e. The van der Waals surface area contributed by atoms with E-state index in [1.54, 1.807) is 6.92 Å². The average Bonchev–Trinajstić information content (AvgIpc) is 2.24. The van der Waals surface area contributed by atoms with Gasteiger partial charge in [0.2, 0.25) is 5.91 Å². The van der Waals surface area contributed by atoms with Gasteiger partial charge in [0, 0.05) is 11.8 Å². The highest BCUT2D eigenvalue weighted by molar-refractivity contribution is 5.89. The molecule has 74 valence electrons. The van der Waals surface area contributed by atoms with Crippen molar-refractivity contribution >= 4 is 11.9 Å². The summed E-state index contributed by atoms with van der Waals surface area (Å²) in [7, 11) is 0. The van der Waals surface area contributed by atoms with E-state index in [-0.39, 0.29) is 17.3 Å². The number of hydrogen-bond acceptors (Lipinski definition) is 3. The van der Waals surface area contributed by atoms with Crippen LogP contribution >= 0.6 is 0 Å². The maximum absolute atomic E-state index is 11.4. The molecular formula is C9H15NO3. The molecule has 4 heteroatoms. The minimum atomic E-state index is -0.486. The SMILES string of the molecule is CCOC(=O)C1NC(=O)CC1(C)C. The lowest BCUT2D eigenvalue weighted by Gasteiger charge is -2.22. The summed E-state index contributed by atoms with van der Waals surface area (Å²) in [5.41, 5.74) is -0.330. The van der Waals surface area contributed by atoms with Crippen LogP contribution in [0.1, 0.15) is 27.2 Å². The molecule has 1 aliphatic heterocycles. The van der Waals surface area contributed by atoms with Crippen molar-refractivity contribution in [2.75, 3.05) is 6.61 Å². The first kappa shape index (κ1) is 10.0. The fraction of sp³-hybridized carbons (Fsp3) is 0.778. The lowest BCUT2D eigenvalue weighted by Crippen LogP contribution is -2.42. The summed E-state index contributed by atoms with van der Waals surface area (Å²) < 4.78 is 4.86. The number of amides is 1. The average molecular weight is 185 g/mol. The summed E-state index contributed by atoms with van der Waals surface area (Å²) in [6.07, 6.45) is 0.385. The fourth-order valence-electron chi connectivity index (χ4n) is 1.53. The molecule has 0 saturated carbocycles. The van der Waals surface area contributed by atoms with Gasteiger partial charge in [-0.05, 0) is 6.92 Å². The molecular weight excluding hydrogens is 170 g/mol. The number of esters is 1.